The van der Waals surface area contributed by atoms with Gasteiger partial charge in [0.05, 0.1) is 7.11 Å². The van der Waals surface area contributed by atoms with E-state index in [2.05, 4.69) is 50.7 Å². The molecular formula is C19H25O2PS. The summed E-state index contributed by atoms with van der Waals surface area (Å²) in [6.45, 7) is 4.39. The Kier molecular flexibility index (Phi) is 6.38. The topological polar surface area (TPSA) is 29.5 Å². The van der Waals surface area contributed by atoms with Crippen LogP contribution in [0.1, 0.15) is 37.8 Å². The molecule has 124 valence electrons. The van der Waals surface area contributed by atoms with Crippen molar-refractivity contribution in [2.45, 2.75) is 37.6 Å². The van der Waals surface area contributed by atoms with Gasteiger partial charge < -0.3 is 9.84 Å². The van der Waals surface area contributed by atoms with Gasteiger partial charge >= 0.3 is 0 Å². The molecule has 23 heavy (non-hydrogen) atoms. The number of phenols is 1. The minimum Gasteiger partial charge on any atom is -0.504 e. The summed E-state index contributed by atoms with van der Waals surface area (Å²) in [5.41, 5.74) is 2.25. The first-order chi connectivity index (χ1) is 11.1. The fourth-order valence-corrected chi connectivity index (χ4v) is 5.13. The molecule has 0 aliphatic rings. The average Bonchev–Trinajstić information content (AvgIpc) is 2.60. The second-order valence-corrected chi connectivity index (χ2v) is 7.65. The van der Waals surface area contributed by atoms with E-state index in [1.165, 1.54) is 10.9 Å². The monoisotopic (exact) mass is 348 g/mol. The summed E-state index contributed by atoms with van der Waals surface area (Å²) in [6.07, 6.45) is 1.92. The van der Waals surface area contributed by atoms with Crippen LogP contribution in [0.5, 0.6) is 11.5 Å². The molecular weight excluding hydrogens is 323 g/mol. The standard InChI is InChI=1S/C19H25O2PS/c1-4-19(5-2,15-10-8-11-16(21-3)18(15)20)22-17-12-7-6-9-14(17)13-23/h6-12,20,22-23H,4-5,13H2,1-3H3. The molecule has 0 saturated heterocycles. The molecule has 1 unspecified atom stereocenters. The number of thiol groups is 1. The van der Waals surface area contributed by atoms with Crippen molar-refractivity contribution in [2.75, 3.05) is 7.11 Å². The van der Waals surface area contributed by atoms with Crippen LogP contribution in [0.15, 0.2) is 42.5 Å². The van der Waals surface area contributed by atoms with Gasteiger partial charge in [-0.3, -0.25) is 0 Å². The largest absolute Gasteiger partial charge is 0.504 e. The third kappa shape index (κ3) is 3.67. The molecule has 2 aromatic carbocycles. The minimum absolute atomic E-state index is 0.0856. The van der Waals surface area contributed by atoms with E-state index in [1.54, 1.807) is 13.2 Å². The maximum absolute atomic E-state index is 10.7. The molecule has 4 heteroatoms. The van der Waals surface area contributed by atoms with Crippen molar-refractivity contribution in [3.8, 4) is 11.5 Å². The van der Waals surface area contributed by atoms with Crippen LogP contribution in [-0.4, -0.2) is 12.2 Å². The van der Waals surface area contributed by atoms with Gasteiger partial charge in [0.2, 0.25) is 0 Å². The van der Waals surface area contributed by atoms with Crippen LogP contribution in [0.2, 0.25) is 0 Å². The third-order valence-corrected chi connectivity index (χ3v) is 7.06. The molecule has 1 N–H and O–H groups in total. The van der Waals surface area contributed by atoms with Crippen molar-refractivity contribution < 1.29 is 9.84 Å². The number of aromatic hydroxyl groups is 1. The Morgan fingerprint density at radius 3 is 2.39 bits per heavy atom. The molecule has 0 aromatic heterocycles. The summed E-state index contributed by atoms with van der Waals surface area (Å²) in [4.78, 5) is 0. The summed E-state index contributed by atoms with van der Waals surface area (Å²) < 4.78 is 5.31. The van der Waals surface area contributed by atoms with E-state index in [0.717, 1.165) is 24.2 Å². The number of benzene rings is 2. The molecule has 2 nitrogen and oxygen atoms in total. The molecule has 0 bridgehead atoms. The Bertz CT molecular complexity index is 654. The van der Waals surface area contributed by atoms with Gasteiger partial charge in [-0.1, -0.05) is 58.8 Å². The zero-order valence-corrected chi connectivity index (χ0v) is 15.9. The molecule has 0 amide bonds. The first-order valence-electron chi connectivity index (χ1n) is 7.95. The first kappa shape index (κ1) is 18.2. The van der Waals surface area contributed by atoms with Crippen LogP contribution in [0, 0.1) is 0 Å². The van der Waals surface area contributed by atoms with Crippen LogP contribution in [0.3, 0.4) is 0 Å². The lowest BCUT2D eigenvalue weighted by Crippen LogP contribution is -2.23. The lowest BCUT2D eigenvalue weighted by Gasteiger charge is -2.34. The highest BCUT2D eigenvalue weighted by Gasteiger charge is 2.33. The second kappa shape index (κ2) is 8.08. The van der Waals surface area contributed by atoms with Crippen LogP contribution >= 0.6 is 21.2 Å². The highest BCUT2D eigenvalue weighted by molar-refractivity contribution is 7.79. The normalized spacial score (nSPS) is 12.0. The molecule has 1 atom stereocenters. The van der Waals surface area contributed by atoms with Gasteiger partial charge in [-0.25, -0.2) is 0 Å². The van der Waals surface area contributed by atoms with E-state index in [4.69, 9.17) is 4.74 Å². The summed E-state index contributed by atoms with van der Waals surface area (Å²) in [6, 6.07) is 14.3. The van der Waals surface area contributed by atoms with Crippen molar-refractivity contribution in [1.82, 2.24) is 0 Å². The Morgan fingerprint density at radius 1 is 1.09 bits per heavy atom. The van der Waals surface area contributed by atoms with Crippen LogP contribution < -0.4 is 10.0 Å². The fraction of sp³-hybridized carbons (Fsp3) is 0.368. The molecule has 0 heterocycles. The third-order valence-electron chi connectivity index (χ3n) is 4.50. The van der Waals surface area contributed by atoms with Crippen LogP contribution in [0.25, 0.3) is 0 Å². The lowest BCUT2D eigenvalue weighted by molar-refractivity contribution is 0.365. The van der Waals surface area contributed by atoms with Gasteiger partial charge in [0.15, 0.2) is 11.5 Å². The lowest BCUT2D eigenvalue weighted by atomic mass is 9.91. The molecule has 0 aliphatic heterocycles. The second-order valence-electron chi connectivity index (χ2n) is 5.59. The smallest absolute Gasteiger partial charge is 0.161 e. The molecule has 0 radical (unpaired) electrons. The zero-order valence-electron chi connectivity index (χ0n) is 14.0. The molecule has 0 aliphatic carbocycles. The predicted molar refractivity (Wildman–Crippen MR) is 104 cm³/mol. The van der Waals surface area contributed by atoms with Gasteiger partial charge in [0.25, 0.3) is 0 Å². The Morgan fingerprint density at radius 2 is 1.78 bits per heavy atom. The fourth-order valence-electron chi connectivity index (χ4n) is 2.99. The number of ether oxygens (including phenoxy) is 1. The number of methoxy groups -OCH3 is 1. The van der Waals surface area contributed by atoms with E-state index in [9.17, 15) is 5.11 Å². The van der Waals surface area contributed by atoms with Gasteiger partial charge in [-0.15, -0.1) is 0 Å². The maximum Gasteiger partial charge on any atom is 0.161 e. The van der Waals surface area contributed by atoms with Crippen molar-refractivity contribution >= 4 is 26.5 Å². The van der Waals surface area contributed by atoms with Crippen molar-refractivity contribution in [3.63, 3.8) is 0 Å². The SMILES string of the molecule is CCC(CC)(Pc1ccccc1CS)c1cccc(OC)c1O. The summed E-state index contributed by atoms with van der Waals surface area (Å²) in [7, 11) is 2.17. The zero-order chi connectivity index (χ0) is 16.9. The average molecular weight is 348 g/mol. The molecule has 0 spiro atoms. The summed E-state index contributed by atoms with van der Waals surface area (Å²) in [5.74, 6) is 1.55. The van der Waals surface area contributed by atoms with Crippen molar-refractivity contribution in [2.24, 2.45) is 0 Å². The number of phenolic OH excluding ortho intramolecular Hbond substituents is 1. The molecule has 0 saturated carbocycles. The summed E-state index contributed by atoms with van der Waals surface area (Å²) >= 11 is 4.46. The van der Waals surface area contributed by atoms with E-state index < -0.39 is 0 Å². The number of hydrogen-bond donors (Lipinski definition) is 2. The molecule has 0 fully saturated rings. The van der Waals surface area contributed by atoms with Crippen LogP contribution in [0.4, 0.5) is 0 Å². The minimum atomic E-state index is -0.0856. The van der Waals surface area contributed by atoms with E-state index in [1.807, 2.05) is 12.1 Å². The first-order valence-corrected chi connectivity index (χ1v) is 9.58. The van der Waals surface area contributed by atoms with Gasteiger partial charge in [-0.2, -0.15) is 12.6 Å². The number of rotatable bonds is 7. The molecule has 2 aromatic rings. The van der Waals surface area contributed by atoms with E-state index >= 15 is 0 Å². The van der Waals surface area contributed by atoms with Crippen molar-refractivity contribution in [1.29, 1.82) is 0 Å². The molecule has 2 rings (SSSR count). The Balaban J connectivity index is 2.52. The predicted octanol–water partition coefficient (Wildman–Crippen LogP) is 4.85. The van der Waals surface area contributed by atoms with Gasteiger partial charge in [-0.05, 0) is 29.8 Å². The van der Waals surface area contributed by atoms with Gasteiger partial charge in [0, 0.05) is 16.5 Å². The van der Waals surface area contributed by atoms with E-state index in [-0.39, 0.29) is 10.9 Å². The van der Waals surface area contributed by atoms with Crippen LogP contribution in [-0.2, 0) is 10.9 Å². The quantitative estimate of drug-likeness (QED) is 0.553. The highest BCUT2D eigenvalue weighted by atomic mass is 32.1. The Hall–Kier alpha value is -1.18. The van der Waals surface area contributed by atoms with Gasteiger partial charge in [0.1, 0.15) is 0 Å². The highest BCUT2D eigenvalue weighted by Crippen LogP contribution is 2.51. The summed E-state index contributed by atoms with van der Waals surface area (Å²) in [5, 5.41) is 11.9. The van der Waals surface area contributed by atoms with Crippen molar-refractivity contribution in [3.05, 3.63) is 53.6 Å². The Labute approximate surface area is 146 Å². The number of hydrogen-bond acceptors (Lipinski definition) is 3. The van der Waals surface area contributed by atoms with E-state index in [0.29, 0.717) is 14.3 Å². The maximum atomic E-state index is 10.7. The number of para-hydroxylation sites is 1.